The Labute approximate surface area is 185 Å². The second-order valence-electron chi connectivity index (χ2n) is 6.55. The smallest absolute Gasteiger partial charge is 0.191 e. The molecule has 1 aromatic carbocycles. The van der Waals surface area contributed by atoms with Gasteiger partial charge in [0.1, 0.15) is 0 Å². The van der Waals surface area contributed by atoms with Gasteiger partial charge in [-0.25, -0.2) is 0 Å². The first kappa shape index (κ1) is 24.5. The number of halogens is 2. The van der Waals surface area contributed by atoms with Crippen molar-refractivity contribution >= 4 is 41.5 Å². The molecular formula is C20H33ClIN3O2. The summed E-state index contributed by atoms with van der Waals surface area (Å²) in [4.78, 5) is 4.62. The van der Waals surface area contributed by atoms with Crippen molar-refractivity contribution in [1.29, 1.82) is 0 Å². The third-order valence-electron chi connectivity index (χ3n) is 4.37. The van der Waals surface area contributed by atoms with Crippen LogP contribution < -0.4 is 10.6 Å². The zero-order valence-electron chi connectivity index (χ0n) is 16.2. The van der Waals surface area contributed by atoms with Crippen LogP contribution in [0.3, 0.4) is 0 Å². The minimum atomic E-state index is 0. The van der Waals surface area contributed by atoms with Crippen LogP contribution in [0.4, 0.5) is 0 Å². The van der Waals surface area contributed by atoms with Crippen molar-refractivity contribution in [2.24, 2.45) is 10.9 Å². The molecule has 27 heavy (non-hydrogen) atoms. The number of guanidine groups is 1. The van der Waals surface area contributed by atoms with Crippen molar-refractivity contribution in [3.63, 3.8) is 0 Å². The van der Waals surface area contributed by atoms with Gasteiger partial charge in [-0.15, -0.1) is 24.0 Å². The van der Waals surface area contributed by atoms with Gasteiger partial charge < -0.3 is 20.1 Å². The molecule has 0 amide bonds. The second kappa shape index (κ2) is 15.4. The van der Waals surface area contributed by atoms with Crippen LogP contribution in [0.2, 0.25) is 5.02 Å². The minimum absolute atomic E-state index is 0. The summed E-state index contributed by atoms with van der Waals surface area (Å²) in [7, 11) is 0. The molecule has 1 aliphatic rings. The number of aliphatic imine (C=N–C) groups is 1. The monoisotopic (exact) mass is 509 g/mol. The first-order chi connectivity index (χ1) is 12.8. The van der Waals surface area contributed by atoms with Gasteiger partial charge in [-0.05, 0) is 56.2 Å². The normalized spacial score (nSPS) is 15.3. The molecule has 2 N–H and O–H groups in total. The highest BCUT2D eigenvalue weighted by Crippen LogP contribution is 2.14. The van der Waals surface area contributed by atoms with Gasteiger partial charge in [0, 0.05) is 51.1 Å². The van der Waals surface area contributed by atoms with E-state index in [9.17, 15) is 0 Å². The van der Waals surface area contributed by atoms with Crippen molar-refractivity contribution in [2.75, 3.05) is 46.1 Å². The van der Waals surface area contributed by atoms with Crippen molar-refractivity contribution in [3.05, 3.63) is 34.9 Å². The zero-order valence-corrected chi connectivity index (χ0v) is 19.3. The van der Waals surface area contributed by atoms with Gasteiger partial charge in [0.2, 0.25) is 0 Å². The molecule has 2 rings (SSSR count). The van der Waals surface area contributed by atoms with E-state index >= 15 is 0 Å². The summed E-state index contributed by atoms with van der Waals surface area (Å²) in [5.74, 6) is 1.53. The zero-order chi connectivity index (χ0) is 18.5. The van der Waals surface area contributed by atoms with Gasteiger partial charge in [-0.1, -0.05) is 23.7 Å². The Bertz CT molecular complexity index is 522. The molecule has 0 unspecified atom stereocenters. The van der Waals surface area contributed by atoms with E-state index in [0.29, 0.717) is 5.92 Å². The Hall–Kier alpha value is -0.570. The Morgan fingerprint density at radius 2 is 1.96 bits per heavy atom. The summed E-state index contributed by atoms with van der Waals surface area (Å²) in [6.45, 7) is 7.92. The minimum Gasteiger partial charge on any atom is -0.381 e. The maximum atomic E-state index is 5.91. The summed E-state index contributed by atoms with van der Waals surface area (Å²) in [6, 6.07) is 7.97. The van der Waals surface area contributed by atoms with E-state index in [0.717, 1.165) is 82.7 Å². The van der Waals surface area contributed by atoms with Gasteiger partial charge in [-0.3, -0.25) is 4.99 Å². The highest BCUT2D eigenvalue weighted by atomic mass is 127. The van der Waals surface area contributed by atoms with Gasteiger partial charge in [-0.2, -0.15) is 0 Å². The second-order valence-corrected chi connectivity index (χ2v) is 6.98. The van der Waals surface area contributed by atoms with Crippen LogP contribution in [0.5, 0.6) is 0 Å². The van der Waals surface area contributed by atoms with Crippen LogP contribution in [-0.4, -0.2) is 52.0 Å². The number of benzene rings is 1. The Kier molecular flexibility index (Phi) is 13.9. The van der Waals surface area contributed by atoms with Gasteiger partial charge >= 0.3 is 0 Å². The lowest BCUT2D eigenvalue weighted by Crippen LogP contribution is -2.38. The van der Waals surface area contributed by atoms with E-state index < -0.39 is 0 Å². The van der Waals surface area contributed by atoms with Crippen molar-refractivity contribution < 1.29 is 9.47 Å². The molecule has 1 heterocycles. The number of hydrogen-bond acceptors (Lipinski definition) is 3. The number of rotatable bonds is 10. The number of hydrogen-bond donors (Lipinski definition) is 2. The van der Waals surface area contributed by atoms with E-state index in [-0.39, 0.29) is 24.0 Å². The first-order valence-corrected chi connectivity index (χ1v) is 10.1. The predicted octanol–water partition coefficient (Wildman–Crippen LogP) is 3.89. The fourth-order valence-corrected chi connectivity index (χ4v) is 2.96. The summed E-state index contributed by atoms with van der Waals surface area (Å²) in [5.41, 5.74) is 1.26. The molecule has 7 heteroatoms. The SMILES string of the molecule is CCNC(=NCCCOCC1CCOCC1)NCCc1ccc(Cl)cc1.I. The molecule has 154 valence electrons. The van der Waals surface area contributed by atoms with Crippen LogP contribution in [0.1, 0.15) is 31.7 Å². The highest BCUT2D eigenvalue weighted by Gasteiger charge is 2.13. The Morgan fingerprint density at radius 3 is 2.67 bits per heavy atom. The van der Waals surface area contributed by atoms with E-state index in [1.807, 2.05) is 12.1 Å². The van der Waals surface area contributed by atoms with Crippen LogP contribution in [-0.2, 0) is 15.9 Å². The third-order valence-corrected chi connectivity index (χ3v) is 4.63. The van der Waals surface area contributed by atoms with E-state index in [4.69, 9.17) is 21.1 Å². The van der Waals surface area contributed by atoms with Crippen LogP contribution >= 0.6 is 35.6 Å². The highest BCUT2D eigenvalue weighted by molar-refractivity contribution is 14.0. The molecule has 1 saturated heterocycles. The van der Waals surface area contributed by atoms with Crippen LogP contribution in [0, 0.1) is 5.92 Å². The summed E-state index contributed by atoms with van der Waals surface area (Å²) in [5, 5.41) is 7.43. The van der Waals surface area contributed by atoms with E-state index in [2.05, 4.69) is 34.7 Å². The van der Waals surface area contributed by atoms with Gasteiger partial charge in [0.15, 0.2) is 5.96 Å². The van der Waals surface area contributed by atoms with Gasteiger partial charge in [0.25, 0.3) is 0 Å². The molecule has 0 aromatic heterocycles. The maximum Gasteiger partial charge on any atom is 0.191 e. The quantitative estimate of drug-likeness (QED) is 0.217. The largest absolute Gasteiger partial charge is 0.381 e. The number of nitrogens with zero attached hydrogens (tertiary/aromatic N) is 1. The number of ether oxygens (including phenoxy) is 2. The molecule has 1 fully saturated rings. The Morgan fingerprint density at radius 1 is 1.22 bits per heavy atom. The first-order valence-electron chi connectivity index (χ1n) is 9.70. The summed E-state index contributed by atoms with van der Waals surface area (Å²) in [6.07, 6.45) is 4.13. The van der Waals surface area contributed by atoms with Crippen molar-refractivity contribution in [2.45, 2.75) is 32.6 Å². The molecule has 1 aliphatic heterocycles. The molecule has 1 aromatic rings. The lowest BCUT2D eigenvalue weighted by Gasteiger charge is -2.21. The average molecular weight is 510 g/mol. The van der Waals surface area contributed by atoms with E-state index in [1.54, 1.807) is 0 Å². The van der Waals surface area contributed by atoms with E-state index in [1.165, 1.54) is 5.56 Å². The molecule has 0 atom stereocenters. The van der Waals surface area contributed by atoms with Crippen molar-refractivity contribution in [3.8, 4) is 0 Å². The third kappa shape index (κ3) is 11.1. The molecule has 5 nitrogen and oxygen atoms in total. The van der Waals surface area contributed by atoms with Crippen molar-refractivity contribution in [1.82, 2.24) is 10.6 Å². The molecule has 0 bridgehead atoms. The molecule has 0 saturated carbocycles. The topological polar surface area (TPSA) is 54.9 Å². The summed E-state index contributed by atoms with van der Waals surface area (Å²) < 4.78 is 11.2. The molecule has 0 aliphatic carbocycles. The van der Waals surface area contributed by atoms with Crippen LogP contribution in [0.25, 0.3) is 0 Å². The lowest BCUT2D eigenvalue weighted by molar-refractivity contribution is 0.0205. The van der Waals surface area contributed by atoms with Crippen LogP contribution in [0.15, 0.2) is 29.3 Å². The van der Waals surface area contributed by atoms with Gasteiger partial charge in [0.05, 0.1) is 0 Å². The maximum absolute atomic E-state index is 5.91. The lowest BCUT2D eigenvalue weighted by atomic mass is 10.0. The average Bonchev–Trinajstić information content (AvgIpc) is 2.67. The fourth-order valence-electron chi connectivity index (χ4n) is 2.84. The summed E-state index contributed by atoms with van der Waals surface area (Å²) >= 11 is 5.91. The molecular weight excluding hydrogens is 477 g/mol. The number of nitrogens with one attached hydrogen (secondary N) is 2. The predicted molar refractivity (Wildman–Crippen MR) is 124 cm³/mol. The molecule has 0 radical (unpaired) electrons. The fraction of sp³-hybridized carbons (Fsp3) is 0.650. The molecule has 0 spiro atoms. The Balaban J connectivity index is 0.00000364. The standard InChI is InChI=1S/C20H32ClN3O2.HI/c1-2-22-20(24-12-8-17-4-6-19(21)7-5-17)23-11-3-13-26-16-18-9-14-25-15-10-18;/h4-7,18H,2-3,8-16H2,1H3,(H2,22,23,24);1H.